The molecule has 0 radical (unpaired) electrons. The maximum Gasteiger partial charge on any atom is 0.243 e. The van der Waals surface area contributed by atoms with E-state index in [-0.39, 0.29) is 18.0 Å². The fourth-order valence-electron chi connectivity index (χ4n) is 2.98. The number of anilines is 1. The first-order valence-corrected chi connectivity index (χ1v) is 11.3. The first kappa shape index (κ1) is 22.9. The number of ether oxygens (including phenoxy) is 1. The van der Waals surface area contributed by atoms with E-state index in [1.54, 1.807) is 36.4 Å². The second-order valence-corrected chi connectivity index (χ2v) is 8.90. The zero-order valence-corrected chi connectivity index (χ0v) is 18.3. The number of benzene rings is 2. The van der Waals surface area contributed by atoms with E-state index in [0.29, 0.717) is 23.8 Å². The molecule has 2 rings (SSSR count). The number of carbonyl (C=O) groups excluding carboxylic acids is 1. The van der Waals surface area contributed by atoms with Crippen LogP contribution in [0.3, 0.4) is 0 Å². The maximum absolute atomic E-state index is 13.1. The number of nitrogens with zero attached hydrogens (tertiary/aromatic N) is 1. The van der Waals surface area contributed by atoms with Crippen LogP contribution in [-0.4, -0.2) is 38.8 Å². The summed E-state index contributed by atoms with van der Waals surface area (Å²) in [6.07, 6.45) is 1.59. The third kappa shape index (κ3) is 5.81. The number of nitrogens with one attached hydrogen (secondary N) is 1. The third-order valence-electron chi connectivity index (χ3n) is 4.87. The highest BCUT2D eigenvalue weighted by Gasteiger charge is 2.26. The number of methoxy groups -OCH3 is 1. The summed E-state index contributed by atoms with van der Waals surface area (Å²) in [6, 6.07) is 14.0. The van der Waals surface area contributed by atoms with Crippen LogP contribution in [0.25, 0.3) is 0 Å². The quantitative estimate of drug-likeness (QED) is 0.626. The molecule has 0 saturated carbocycles. The van der Waals surface area contributed by atoms with E-state index in [2.05, 4.69) is 19.2 Å². The molecule has 0 fully saturated rings. The standard InChI is InChI=1S/C22H30N2O4S/c1-5-15-24(16-22(25)23-20-9-7-8-10-21(20)28-4)29(26,27)19-13-11-18(12-14-19)17(3)6-2/h7-14,17H,5-6,15-16H2,1-4H3,(H,23,25). The lowest BCUT2D eigenvalue weighted by atomic mass is 9.99. The zero-order chi connectivity index (χ0) is 21.4. The molecule has 7 heteroatoms. The molecule has 1 unspecified atom stereocenters. The molecular formula is C22H30N2O4S. The molecular weight excluding hydrogens is 388 g/mol. The van der Waals surface area contributed by atoms with Gasteiger partial charge in [0, 0.05) is 6.54 Å². The van der Waals surface area contributed by atoms with Gasteiger partial charge in [-0.2, -0.15) is 4.31 Å². The van der Waals surface area contributed by atoms with Crippen LogP contribution in [-0.2, 0) is 14.8 Å². The molecule has 0 heterocycles. The summed E-state index contributed by atoms with van der Waals surface area (Å²) in [6.45, 7) is 6.08. The first-order chi connectivity index (χ1) is 13.8. The molecule has 0 aliphatic carbocycles. The third-order valence-corrected chi connectivity index (χ3v) is 6.73. The van der Waals surface area contributed by atoms with Crippen LogP contribution in [0.4, 0.5) is 5.69 Å². The highest BCUT2D eigenvalue weighted by Crippen LogP contribution is 2.24. The van der Waals surface area contributed by atoms with E-state index in [1.807, 2.05) is 19.1 Å². The van der Waals surface area contributed by atoms with Crippen molar-refractivity contribution in [3.8, 4) is 5.75 Å². The van der Waals surface area contributed by atoms with Crippen molar-refractivity contribution in [3.05, 3.63) is 54.1 Å². The molecule has 29 heavy (non-hydrogen) atoms. The first-order valence-electron chi connectivity index (χ1n) is 9.86. The van der Waals surface area contributed by atoms with Crippen molar-refractivity contribution in [1.82, 2.24) is 4.31 Å². The zero-order valence-electron chi connectivity index (χ0n) is 17.5. The Bertz CT molecular complexity index is 911. The highest BCUT2D eigenvalue weighted by molar-refractivity contribution is 7.89. The van der Waals surface area contributed by atoms with Gasteiger partial charge in [0.15, 0.2) is 0 Å². The molecule has 2 aromatic carbocycles. The van der Waals surface area contributed by atoms with Crippen LogP contribution in [0, 0.1) is 0 Å². The molecule has 1 amide bonds. The number of rotatable bonds is 10. The molecule has 2 aromatic rings. The molecule has 0 aliphatic rings. The molecule has 0 saturated heterocycles. The van der Waals surface area contributed by atoms with Gasteiger partial charge >= 0.3 is 0 Å². The number of carbonyl (C=O) groups is 1. The van der Waals surface area contributed by atoms with Gasteiger partial charge in [-0.05, 0) is 48.6 Å². The lowest BCUT2D eigenvalue weighted by Gasteiger charge is -2.22. The summed E-state index contributed by atoms with van der Waals surface area (Å²) in [5.74, 6) is 0.472. The van der Waals surface area contributed by atoms with Crippen LogP contribution in [0.2, 0.25) is 0 Å². The Labute approximate surface area is 173 Å². The van der Waals surface area contributed by atoms with Gasteiger partial charge < -0.3 is 10.1 Å². The highest BCUT2D eigenvalue weighted by atomic mass is 32.2. The average Bonchev–Trinajstić information content (AvgIpc) is 2.73. The minimum atomic E-state index is -3.77. The van der Waals surface area contributed by atoms with E-state index in [9.17, 15) is 13.2 Å². The Morgan fingerprint density at radius 2 is 1.76 bits per heavy atom. The van der Waals surface area contributed by atoms with Crippen molar-refractivity contribution < 1.29 is 17.9 Å². The smallest absolute Gasteiger partial charge is 0.243 e. The fourth-order valence-corrected chi connectivity index (χ4v) is 4.47. The number of para-hydroxylation sites is 2. The summed E-state index contributed by atoms with van der Waals surface area (Å²) in [5, 5.41) is 2.74. The van der Waals surface area contributed by atoms with E-state index >= 15 is 0 Å². The summed E-state index contributed by atoms with van der Waals surface area (Å²) < 4.78 is 32.7. The van der Waals surface area contributed by atoms with E-state index < -0.39 is 15.9 Å². The molecule has 0 aliphatic heterocycles. The van der Waals surface area contributed by atoms with Crippen molar-refractivity contribution in [2.24, 2.45) is 0 Å². The van der Waals surface area contributed by atoms with Crippen molar-refractivity contribution in [1.29, 1.82) is 0 Å². The molecule has 158 valence electrons. The maximum atomic E-state index is 13.1. The number of hydrogen-bond acceptors (Lipinski definition) is 4. The Balaban J connectivity index is 2.19. The predicted molar refractivity (Wildman–Crippen MR) is 116 cm³/mol. The van der Waals surface area contributed by atoms with E-state index in [0.717, 1.165) is 12.0 Å². The Morgan fingerprint density at radius 1 is 1.10 bits per heavy atom. The monoisotopic (exact) mass is 418 g/mol. The van der Waals surface area contributed by atoms with Crippen LogP contribution >= 0.6 is 0 Å². The van der Waals surface area contributed by atoms with Crippen molar-refractivity contribution in [2.45, 2.75) is 44.4 Å². The van der Waals surface area contributed by atoms with Crippen molar-refractivity contribution >= 4 is 21.6 Å². The molecule has 0 aromatic heterocycles. The largest absolute Gasteiger partial charge is 0.495 e. The topological polar surface area (TPSA) is 75.7 Å². The average molecular weight is 419 g/mol. The van der Waals surface area contributed by atoms with Crippen LogP contribution in [0.15, 0.2) is 53.4 Å². The fraction of sp³-hybridized carbons (Fsp3) is 0.409. The van der Waals surface area contributed by atoms with Gasteiger partial charge in [0.05, 0.1) is 24.2 Å². The van der Waals surface area contributed by atoms with E-state index in [1.165, 1.54) is 11.4 Å². The normalized spacial score (nSPS) is 12.6. The lowest BCUT2D eigenvalue weighted by molar-refractivity contribution is -0.116. The van der Waals surface area contributed by atoms with Gasteiger partial charge in [0.2, 0.25) is 15.9 Å². The van der Waals surface area contributed by atoms with Crippen molar-refractivity contribution in [3.63, 3.8) is 0 Å². The SMILES string of the molecule is CCCN(CC(=O)Nc1ccccc1OC)S(=O)(=O)c1ccc(C(C)CC)cc1. The Kier molecular flexibility index (Phi) is 8.22. The van der Waals surface area contributed by atoms with Crippen LogP contribution < -0.4 is 10.1 Å². The van der Waals surface area contributed by atoms with Gasteiger partial charge in [-0.25, -0.2) is 8.42 Å². The molecule has 0 spiro atoms. The van der Waals surface area contributed by atoms with Crippen LogP contribution in [0.5, 0.6) is 5.75 Å². The molecule has 1 N–H and O–H groups in total. The molecule has 0 bridgehead atoms. The lowest BCUT2D eigenvalue weighted by Crippen LogP contribution is -2.38. The molecule has 1 atom stereocenters. The van der Waals surface area contributed by atoms with Gasteiger partial charge in [-0.1, -0.05) is 45.0 Å². The summed E-state index contributed by atoms with van der Waals surface area (Å²) in [5.41, 5.74) is 1.61. The Morgan fingerprint density at radius 3 is 2.34 bits per heavy atom. The minimum absolute atomic E-state index is 0.197. The Hall–Kier alpha value is -2.38. The van der Waals surface area contributed by atoms with Gasteiger partial charge in [-0.3, -0.25) is 4.79 Å². The van der Waals surface area contributed by atoms with Gasteiger partial charge in [-0.15, -0.1) is 0 Å². The summed E-state index contributed by atoms with van der Waals surface area (Å²) in [7, 11) is -2.26. The number of sulfonamides is 1. The van der Waals surface area contributed by atoms with Gasteiger partial charge in [0.1, 0.15) is 5.75 Å². The van der Waals surface area contributed by atoms with E-state index in [4.69, 9.17) is 4.74 Å². The number of amides is 1. The van der Waals surface area contributed by atoms with Gasteiger partial charge in [0.25, 0.3) is 0 Å². The second-order valence-electron chi connectivity index (χ2n) is 6.97. The number of hydrogen-bond donors (Lipinski definition) is 1. The van der Waals surface area contributed by atoms with Crippen molar-refractivity contribution in [2.75, 3.05) is 25.5 Å². The second kappa shape index (κ2) is 10.4. The van der Waals surface area contributed by atoms with Crippen LogP contribution in [0.1, 0.15) is 45.1 Å². The predicted octanol–water partition coefficient (Wildman–Crippen LogP) is 4.25. The minimum Gasteiger partial charge on any atom is -0.495 e. The summed E-state index contributed by atoms with van der Waals surface area (Å²) >= 11 is 0. The molecule has 6 nitrogen and oxygen atoms in total. The summed E-state index contributed by atoms with van der Waals surface area (Å²) in [4.78, 5) is 12.8.